The lowest BCUT2D eigenvalue weighted by Crippen LogP contribution is -2.43. The van der Waals surface area contributed by atoms with Crippen LogP contribution in [0.2, 0.25) is 0 Å². The van der Waals surface area contributed by atoms with Gasteiger partial charge in [0.15, 0.2) is 16.4 Å². The minimum atomic E-state index is -3.14. The second-order valence-electron chi connectivity index (χ2n) is 6.06. The average Bonchev–Trinajstić information content (AvgIpc) is 2.64. The van der Waals surface area contributed by atoms with E-state index in [2.05, 4.69) is 10.9 Å². The molecule has 0 fully saturated rings. The summed E-state index contributed by atoms with van der Waals surface area (Å²) < 4.78 is 27.9. The Kier molecular flexibility index (Phi) is 6.95. The van der Waals surface area contributed by atoms with Crippen LogP contribution in [0.4, 0.5) is 0 Å². The van der Waals surface area contributed by atoms with E-state index in [1.54, 1.807) is 24.3 Å². The van der Waals surface area contributed by atoms with Crippen molar-refractivity contribution in [3.63, 3.8) is 0 Å². The zero-order valence-electron chi connectivity index (χ0n) is 15.2. The molecule has 8 heteroatoms. The highest BCUT2D eigenvalue weighted by Gasteiger charge is 2.09. The normalized spacial score (nSPS) is 10.9. The van der Waals surface area contributed by atoms with Crippen molar-refractivity contribution in [2.24, 2.45) is 0 Å². The summed E-state index contributed by atoms with van der Waals surface area (Å²) in [5, 5.41) is 0. The molecule has 0 saturated heterocycles. The van der Waals surface area contributed by atoms with Crippen molar-refractivity contribution in [1.82, 2.24) is 10.9 Å². The first-order valence-corrected chi connectivity index (χ1v) is 10.4. The van der Waals surface area contributed by atoms with E-state index in [-0.39, 0.29) is 12.4 Å². The Hall–Kier alpha value is -2.87. The van der Waals surface area contributed by atoms with Crippen LogP contribution in [0.1, 0.15) is 28.4 Å². The summed E-state index contributed by atoms with van der Waals surface area (Å²) in [5.41, 5.74) is 6.60. The molecule has 0 aromatic heterocycles. The van der Waals surface area contributed by atoms with Gasteiger partial charge >= 0.3 is 0 Å². The monoisotopic (exact) mass is 390 g/mol. The van der Waals surface area contributed by atoms with Crippen molar-refractivity contribution < 1.29 is 22.7 Å². The zero-order chi connectivity index (χ0) is 19.9. The van der Waals surface area contributed by atoms with Gasteiger partial charge < -0.3 is 4.74 Å². The van der Waals surface area contributed by atoms with Gasteiger partial charge in [0.05, 0.1) is 5.75 Å². The lowest BCUT2D eigenvalue weighted by Gasteiger charge is -2.09. The molecule has 0 radical (unpaired) electrons. The molecule has 0 saturated carbocycles. The summed E-state index contributed by atoms with van der Waals surface area (Å²) in [4.78, 5) is 23.8. The SMILES string of the molecule is CCc1ccc(OCC(=O)NNC(=O)c2ccc(CS(C)(=O)=O)cc2)cc1. The minimum Gasteiger partial charge on any atom is -0.484 e. The maximum atomic E-state index is 12.0. The number of aryl methyl sites for hydroxylation is 1. The predicted octanol–water partition coefficient (Wildman–Crippen LogP) is 1.63. The molecule has 2 aromatic carbocycles. The van der Waals surface area contributed by atoms with Crippen molar-refractivity contribution >= 4 is 21.7 Å². The van der Waals surface area contributed by atoms with E-state index in [1.165, 1.54) is 17.7 Å². The standard InChI is InChI=1S/C19H22N2O5S/c1-3-14-6-10-17(11-7-14)26-12-18(22)20-21-19(23)16-8-4-15(5-9-16)13-27(2,24)25/h4-11H,3,12-13H2,1-2H3,(H,20,22)(H,21,23). The highest BCUT2D eigenvalue weighted by Crippen LogP contribution is 2.12. The number of ether oxygens (including phenoxy) is 1. The van der Waals surface area contributed by atoms with Gasteiger partial charge in [0.2, 0.25) is 0 Å². The van der Waals surface area contributed by atoms with Crippen LogP contribution >= 0.6 is 0 Å². The first kappa shape index (κ1) is 20.4. The Bertz CT molecular complexity index is 891. The quantitative estimate of drug-likeness (QED) is 0.700. The molecule has 0 heterocycles. The molecule has 144 valence electrons. The summed E-state index contributed by atoms with van der Waals surface area (Å²) in [7, 11) is -3.14. The van der Waals surface area contributed by atoms with Crippen LogP contribution in [0.15, 0.2) is 48.5 Å². The van der Waals surface area contributed by atoms with Crippen LogP contribution in [0.25, 0.3) is 0 Å². The van der Waals surface area contributed by atoms with Gasteiger partial charge in [-0.1, -0.05) is 31.2 Å². The van der Waals surface area contributed by atoms with Crippen molar-refractivity contribution in [2.45, 2.75) is 19.1 Å². The Morgan fingerprint density at radius 3 is 2.07 bits per heavy atom. The largest absolute Gasteiger partial charge is 0.484 e. The lowest BCUT2D eigenvalue weighted by molar-refractivity contribution is -0.123. The van der Waals surface area contributed by atoms with Crippen molar-refractivity contribution in [3.8, 4) is 5.75 Å². The van der Waals surface area contributed by atoms with E-state index in [9.17, 15) is 18.0 Å². The van der Waals surface area contributed by atoms with Gasteiger partial charge in [-0.05, 0) is 41.8 Å². The predicted molar refractivity (Wildman–Crippen MR) is 102 cm³/mol. The molecule has 2 N–H and O–H groups in total. The summed E-state index contributed by atoms with van der Waals surface area (Å²) in [5.74, 6) is -0.546. The highest BCUT2D eigenvalue weighted by atomic mass is 32.2. The third-order valence-corrected chi connectivity index (χ3v) is 4.52. The number of amides is 2. The number of carbonyl (C=O) groups excluding carboxylic acids is 2. The van der Waals surface area contributed by atoms with Crippen LogP contribution in [-0.2, 0) is 26.8 Å². The Morgan fingerprint density at radius 1 is 0.926 bits per heavy atom. The van der Waals surface area contributed by atoms with Crippen molar-refractivity contribution in [2.75, 3.05) is 12.9 Å². The number of carbonyl (C=O) groups is 2. The Morgan fingerprint density at radius 2 is 1.52 bits per heavy atom. The van der Waals surface area contributed by atoms with Gasteiger partial charge in [-0.25, -0.2) is 8.42 Å². The summed E-state index contributed by atoms with van der Waals surface area (Å²) in [6.45, 7) is 1.81. The van der Waals surface area contributed by atoms with Crippen LogP contribution in [0, 0.1) is 0 Å². The Balaban J connectivity index is 1.79. The average molecular weight is 390 g/mol. The number of benzene rings is 2. The minimum absolute atomic E-state index is 0.0950. The summed E-state index contributed by atoms with van der Waals surface area (Å²) >= 11 is 0. The summed E-state index contributed by atoms with van der Waals surface area (Å²) in [6.07, 6.45) is 2.06. The molecule has 2 aromatic rings. The number of rotatable bonds is 7. The van der Waals surface area contributed by atoms with Crippen LogP contribution in [0.3, 0.4) is 0 Å². The smallest absolute Gasteiger partial charge is 0.276 e. The molecule has 0 unspecified atom stereocenters. The number of hydrazine groups is 1. The van der Waals surface area contributed by atoms with Gasteiger partial charge in [-0.3, -0.25) is 20.4 Å². The van der Waals surface area contributed by atoms with E-state index in [0.717, 1.165) is 12.7 Å². The highest BCUT2D eigenvalue weighted by molar-refractivity contribution is 7.89. The topological polar surface area (TPSA) is 102 Å². The van der Waals surface area contributed by atoms with Gasteiger partial charge in [0.25, 0.3) is 11.8 Å². The second kappa shape index (κ2) is 9.18. The van der Waals surface area contributed by atoms with E-state index in [4.69, 9.17) is 4.74 Å². The first-order valence-electron chi connectivity index (χ1n) is 8.34. The second-order valence-corrected chi connectivity index (χ2v) is 8.20. The maximum absolute atomic E-state index is 12.0. The van der Waals surface area contributed by atoms with Crippen LogP contribution in [-0.4, -0.2) is 33.1 Å². The fourth-order valence-corrected chi connectivity index (χ4v) is 3.06. The molecule has 2 amide bonds. The van der Waals surface area contributed by atoms with E-state index in [0.29, 0.717) is 16.9 Å². The number of nitrogens with one attached hydrogen (secondary N) is 2. The van der Waals surface area contributed by atoms with Gasteiger partial charge in [-0.15, -0.1) is 0 Å². The molecule has 0 bridgehead atoms. The third-order valence-electron chi connectivity index (χ3n) is 3.66. The maximum Gasteiger partial charge on any atom is 0.276 e. The molecular formula is C19H22N2O5S. The lowest BCUT2D eigenvalue weighted by atomic mass is 10.1. The molecule has 2 rings (SSSR count). The Labute approximate surface area is 158 Å². The van der Waals surface area contributed by atoms with Gasteiger partial charge in [0.1, 0.15) is 5.75 Å². The third kappa shape index (κ3) is 7.10. The number of hydrogen-bond acceptors (Lipinski definition) is 5. The summed E-state index contributed by atoms with van der Waals surface area (Å²) in [6, 6.07) is 13.5. The first-order chi connectivity index (χ1) is 12.8. The number of hydrogen-bond donors (Lipinski definition) is 2. The van der Waals surface area contributed by atoms with Crippen molar-refractivity contribution in [1.29, 1.82) is 0 Å². The zero-order valence-corrected chi connectivity index (χ0v) is 16.0. The van der Waals surface area contributed by atoms with E-state index < -0.39 is 21.7 Å². The molecule has 7 nitrogen and oxygen atoms in total. The fourth-order valence-electron chi connectivity index (χ4n) is 2.26. The van der Waals surface area contributed by atoms with Crippen molar-refractivity contribution in [3.05, 3.63) is 65.2 Å². The van der Waals surface area contributed by atoms with Gasteiger partial charge in [0, 0.05) is 11.8 Å². The molecule has 0 spiro atoms. The molecule has 27 heavy (non-hydrogen) atoms. The molecule has 0 aliphatic heterocycles. The van der Waals surface area contributed by atoms with Crippen LogP contribution in [0.5, 0.6) is 5.75 Å². The molecular weight excluding hydrogens is 368 g/mol. The molecule has 0 aliphatic rings. The number of sulfone groups is 1. The molecule has 0 atom stereocenters. The van der Waals surface area contributed by atoms with E-state index >= 15 is 0 Å². The fraction of sp³-hybridized carbons (Fsp3) is 0.263. The molecule has 0 aliphatic carbocycles. The van der Waals surface area contributed by atoms with Crippen LogP contribution < -0.4 is 15.6 Å². The van der Waals surface area contributed by atoms with E-state index in [1.807, 2.05) is 19.1 Å². The van der Waals surface area contributed by atoms with Gasteiger partial charge in [-0.2, -0.15) is 0 Å².